The third-order valence-electron chi connectivity index (χ3n) is 2.70. The number of hydrogen-bond donors (Lipinski definition) is 0. The summed E-state index contributed by atoms with van der Waals surface area (Å²) >= 11 is 13.8. The molecule has 0 fully saturated rings. The largest absolute Gasteiger partial charge is 0.496 e. The van der Waals surface area contributed by atoms with Crippen LogP contribution in [0.4, 0.5) is 5.69 Å². The van der Waals surface area contributed by atoms with Crippen molar-refractivity contribution in [3.63, 3.8) is 0 Å². The molecule has 20 heavy (non-hydrogen) atoms. The Labute approximate surface area is 132 Å². The second-order valence-electron chi connectivity index (χ2n) is 4.39. The number of carbonyl (C=O) groups excluding carboxylic acids is 1. The minimum absolute atomic E-state index is 0.157. The van der Waals surface area contributed by atoms with E-state index in [4.69, 9.17) is 4.74 Å². The zero-order chi connectivity index (χ0) is 15.5. The average molecular weight is 359 g/mol. The molecule has 0 radical (unpaired) electrons. The van der Waals surface area contributed by atoms with Gasteiger partial charge in [-0.1, -0.05) is 6.07 Å². The summed E-state index contributed by atoms with van der Waals surface area (Å²) in [5.74, 6) is 0.966. The molecule has 1 aromatic carbocycles. The van der Waals surface area contributed by atoms with Crippen LogP contribution in [0.5, 0.6) is 5.75 Å². The molecule has 4 nitrogen and oxygen atoms in total. The van der Waals surface area contributed by atoms with Gasteiger partial charge >= 0.3 is 5.20 Å². The van der Waals surface area contributed by atoms with Gasteiger partial charge in [0, 0.05) is 11.6 Å². The van der Waals surface area contributed by atoms with Gasteiger partial charge in [0.2, 0.25) is 5.91 Å². The fourth-order valence-corrected chi connectivity index (χ4v) is 2.09. The Hall–Kier alpha value is -0.410. The van der Waals surface area contributed by atoms with Crippen LogP contribution in [0.3, 0.4) is 0 Å². The number of ether oxygens (including phenoxy) is 1. The van der Waals surface area contributed by atoms with Crippen LogP contribution in [0.25, 0.3) is 0 Å². The second kappa shape index (κ2) is 7.04. The molecule has 1 aromatic rings. The number of benzene rings is 1. The van der Waals surface area contributed by atoms with Gasteiger partial charge in [0.25, 0.3) is 0 Å². The molecule has 0 aliphatic carbocycles. The molecule has 1 heterocycles. The lowest BCUT2D eigenvalue weighted by atomic mass is 10.1. The van der Waals surface area contributed by atoms with E-state index in [1.54, 1.807) is 7.11 Å². The predicted molar refractivity (Wildman–Crippen MR) is 84.5 cm³/mol. The number of nitrogens with zero attached hydrogens (tertiary/aromatic N) is 1. The van der Waals surface area contributed by atoms with Gasteiger partial charge in [-0.2, -0.15) is 0 Å². The van der Waals surface area contributed by atoms with Crippen molar-refractivity contribution >= 4 is 50.5 Å². The highest BCUT2D eigenvalue weighted by molar-refractivity contribution is 8.24. The van der Waals surface area contributed by atoms with Crippen molar-refractivity contribution in [1.82, 2.24) is 0 Å². The number of methoxy groups -OCH3 is 1. The van der Waals surface area contributed by atoms with Gasteiger partial charge in [0.15, 0.2) is 0 Å². The van der Waals surface area contributed by atoms with Crippen LogP contribution < -0.4 is 9.64 Å². The van der Waals surface area contributed by atoms with Crippen molar-refractivity contribution in [2.24, 2.45) is 0 Å². The number of carbonyl (C=O) groups is 1. The van der Waals surface area contributed by atoms with Gasteiger partial charge in [-0.05, 0) is 59.7 Å². The van der Waals surface area contributed by atoms with Crippen LogP contribution in [-0.4, -0.2) is 19.1 Å². The van der Waals surface area contributed by atoms with E-state index in [2.05, 4.69) is 33.7 Å². The zero-order valence-electron chi connectivity index (χ0n) is 11.3. The normalized spacial score (nSPS) is 13.9. The van der Waals surface area contributed by atoms with E-state index in [1.165, 1.54) is 0 Å². The first-order chi connectivity index (χ1) is 9.15. The summed E-state index contributed by atoms with van der Waals surface area (Å²) in [4.78, 5) is 13.6. The number of halogens is 3. The Morgan fingerprint density at radius 2 is 1.85 bits per heavy atom. The van der Waals surface area contributed by atoms with Crippen molar-refractivity contribution in [2.75, 3.05) is 12.0 Å². The van der Waals surface area contributed by atoms with Gasteiger partial charge in [-0.3, -0.25) is 9.36 Å². The van der Waals surface area contributed by atoms with Gasteiger partial charge in [-0.25, -0.2) is 0 Å². The molecule has 0 atom stereocenters. The van der Waals surface area contributed by atoms with E-state index in [0.29, 0.717) is 6.42 Å². The summed E-state index contributed by atoms with van der Waals surface area (Å²) in [7, 11) is 1.64. The number of fused-ring (bicyclic) bond motifs is 1. The lowest BCUT2D eigenvalue weighted by Crippen LogP contribution is -2.33. The van der Waals surface area contributed by atoms with Crippen LogP contribution in [0.15, 0.2) is 18.2 Å². The van der Waals surface area contributed by atoms with E-state index in [0.717, 1.165) is 17.0 Å². The smallest absolute Gasteiger partial charge is 0.339 e. The Balaban J connectivity index is 0.000000347. The molecule has 0 saturated heterocycles. The van der Waals surface area contributed by atoms with Gasteiger partial charge < -0.3 is 9.64 Å². The fraction of sp³-hybridized carbons (Fsp3) is 0.417. The quantitative estimate of drug-likeness (QED) is 0.713. The molecule has 1 aliphatic heterocycles. The summed E-state index contributed by atoms with van der Waals surface area (Å²) in [6, 6.07) is 6.00. The molecule has 8 heteroatoms. The molecule has 0 unspecified atom stereocenters. The summed E-state index contributed by atoms with van der Waals surface area (Å²) in [5.41, 5.74) is 2.01. The maximum atomic E-state index is 11.8. The average Bonchev–Trinajstić information content (AvgIpc) is 2.62. The molecule has 2 rings (SSSR count). The summed E-state index contributed by atoms with van der Waals surface area (Å²) < 4.78 is 14.8. The molecule has 0 saturated carbocycles. The van der Waals surface area contributed by atoms with Crippen molar-refractivity contribution in [3.8, 4) is 5.75 Å². The maximum Gasteiger partial charge on any atom is 0.339 e. The van der Waals surface area contributed by atoms with Crippen LogP contribution in [0.1, 0.15) is 19.4 Å². The Morgan fingerprint density at radius 1 is 1.30 bits per heavy atom. The molecule has 0 bridgehead atoms. The first kappa shape index (κ1) is 17.6. The van der Waals surface area contributed by atoms with Crippen molar-refractivity contribution < 1.29 is 14.1 Å². The van der Waals surface area contributed by atoms with E-state index < -0.39 is 5.20 Å². The highest BCUT2D eigenvalue weighted by Gasteiger charge is 2.31. The second-order valence-corrected chi connectivity index (χ2v) is 11.0. The van der Waals surface area contributed by atoms with E-state index in [-0.39, 0.29) is 11.9 Å². The minimum atomic E-state index is -3.22. The Bertz CT molecular complexity index is 536. The highest BCUT2D eigenvalue weighted by Crippen LogP contribution is 2.61. The highest BCUT2D eigenvalue weighted by atomic mass is 36.0. The van der Waals surface area contributed by atoms with Crippen LogP contribution in [0, 0.1) is 0 Å². The third-order valence-corrected chi connectivity index (χ3v) is 2.70. The van der Waals surface area contributed by atoms with Gasteiger partial charge in [0.1, 0.15) is 5.75 Å². The monoisotopic (exact) mass is 357 g/mol. The number of hydrogen-bond acceptors (Lipinski definition) is 3. The van der Waals surface area contributed by atoms with E-state index in [9.17, 15) is 9.36 Å². The number of rotatable bonds is 2. The zero-order valence-corrected chi connectivity index (χ0v) is 14.4. The predicted octanol–water partition coefficient (Wildman–Crippen LogP) is 4.80. The van der Waals surface area contributed by atoms with Crippen molar-refractivity contribution in [3.05, 3.63) is 23.8 Å². The summed E-state index contributed by atoms with van der Waals surface area (Å²) in [6.45, 7) is 4.04. The van der Waals surface area contributed by atoms with Crippen molar-refractivity contribution in [2.45, 2.75) is 26.3 Å². The first-order valence-corrected chi connectivity index (χ1v) is 10.2. The van der Waals surface area contributed by atoms with E-state index in [1.807, 2.05) is 36.9 Å². The molecular weight excluding hydrogens is 343 g/mol. The Morgan fingerprint density at radius 3 is 2.30 bits per heavy atom. The van der Waals surface area contributed by atoms with Gasteiger partial charge in [0.05, 0.1) is 19.2 Å². The molecular formula is C12H15Cl3NO3P. The molecule has 1 aliphatic rings. The minimum Gasteiger partial charge on any atom is -0.496 e. The lowest BCUT2D eigenvalue weighted by Gasteiger charge is -2.21. The first-order valence-electron chi connectivity index (χ1n) is 5.82. The molecule has 0 spiro atoms. The van der Waals surface area contributed by atoms with Crippen LogP contribution >= 0.6 is 38.9 Å². The molecule has 1 amide bonds. The lowest BCUT2D eigenvalue weighted by molar-refractivity contribution is -0.117. The fourth-order valence-electron chi connectivity index (χ4n) is 2.09. The standard InChI is InChI=1S/C12H15NO2.Cl3OP/c1-8(2)13-10-5-4-6-11(15-3)9(10)7-12(13)14;1-5(2,3)4/h4-6,8H,7H2,1-3H3;. The molecule has 112 valence electrons. The number of amides is 1. The molecule has 0 aromatic heterocycles. The number of anilines is 1. The van der Waals surface area contributed by atoms with Crippen LogP contribution in [0.2, 0.25) is 0 Å². The topological polar surface area (TPSA) is 46.6 Å². The Kier molecular flexibility index (Phi) is 6.21. The third kappa shape index (κ3) is 4.85. The van der Waals surface area contributed by atoms with Crippen molar-refractivity contribution in [1.29, 1.82) is 0 Å². The SMILES string of the molecule is COc1cccc2c1CC(=O)N2C(C)C.O=P(Cl)(Cl)Cl. The summed E-state index contributed by atoms with van der Waals surface area (Å²) in [6.07, 6.45) is 0.456. The molecule has 0 N–H and O–H groups in total. The summed E-state index contributed by atoms with van der Waals surface area (Å²) in [5, 5.41) is -3.22. The van der Waals surface area contributed by atoms with Crippen LogP contribution in [-0.2, 0) is 15.8 Å². The van der Waals surface area contributed by atoms with Gasteiger partial charge in [-0.15, -0.1) is 0 Å². The van der Waals surface area contributed by atoms with E-state index >= 15 is 0 Å². The maximum absolute atomic E-state index is 11.8.